The van der Waals surface area contributed by atoms with Gasteiger partial charge in [-0.1, -0.05) is 0 Å². The van der Waals surface area contributed by atoms with E-state index in [-0.39, 0.29) is 19.0 Å². The van der Waals surface area contributed by atoms with Gasteiger partial charge in [0.2, 0.25) is 15.9 Å². The zero-order valence-electron chi connectivity index (χ0n) is 10.8. The first-order valence-corrected chi connectivity index (χ1v) is 7.69. The van der Waals surface area contributed by atoms with Crippen LogP contribution in [0.2, 0.25) is 0 Å². The molecular weight excluding hydrogens is 274 g/mol. The number of carboxylic acid groups (broad SMARTS) is 1. The number of carbonyl (C=O) groups excluding carboxylic acids is 1. The van der Waals surface area contributed by atoms with Crippen molar-refractivity contribution in [1.29, 1.82) is 0 Å². The summed E-state index contributed by atoms with van der Waals surface area (Å²) in [7, 11) is -3.74. The largest absolute Gasteiger partial charge is 0.481 e. The van der Waals surface area contributed by atoms with Crippen molar-refractivity contribution in [3.8, 4) is 0 Å². The van der Waals surface area contributed by atoms with E-state index in [0.29, 0.717) is 13.1 Å². The lowest BCUT2D eigenvalue weighted by Crippen LogP contribution is -2.59. The Morgan fingerprint density at radius 3 is 2.74 bits per heavy atom. The molecule has 8 nitrogen and oxygen atoms in total. The topological polar surface area (TPSA) is 116 Å². The number of aliphatic carboxylic acids is 1. The second kappa shape index (κ2) is 6.83. The van der Waals surface area contributed by atoms with E-state index in [2.05, 4.69) is 10.6 Å². The van der Waals surface area contributed by atoms with Crippen LogP contribution in [0.1, 0.15) is 13.3 Å². The van der Waals surface area contributed by atoms with Crippen LogP contribution in [0.5, 0.6) is 0 Å². The Balaban J connectivity index is 2.81. The maximum Gasteiger partial charge on any atom is 0.304 e. The SMILES string of the molecule is CCNC(=O)C1CNCCN1S(=O)(=O)CCC(=O)O. The molecule has 1 saturated heterocycles. The van der Waals surface area contributed by atoms with Crippen molar-refractivity contribution < 1.29 is 23.1 Å². The molecule has 1 heterocycles. The number of hydrogen-bond acceptors (Lipinski definition) is 5. The van der Waals surface area contributed by atoms with Crippen LogP contribution in [-0.4, -0.2) is 67.7 Å². The number of nitrogens with one attached hydrogen (secondary N) is 2. The second-order valence-corrected chi connectivity index (χ2v) is 6.23. The lowest BCUT2D eigenvalue weighted by Gasteiger charge is -2.33. The van der Waals surface area contributed by atoms with Gasteiger partial charge in [-0.3, -0.25) is 9.59 Å². The van der Waals surface area contributed by atoms with Crippen molar-refractivity contribution in [2.75, 3.05) is 31.9 Å². The summed E-state index contributed by atoms with van der Waals surface area (Å²) < 4.78 is 25.2. The van der Waals surface area contributed by atoms with Crippen molar-refractivity contribution in [3.63, 3.8) is 0 Å². The minimum Gasteiger partial charge on any atom is -0.481 e. The van der Waals surface area contributed by atoms with Crippen molar-refractivity contribution in [2.45, 2.75) is 19.4 Å². The van der Waals surface area contributed by atoms with Crippen molar-refractivity contribution in [1.82, 2.24) is 14.9 Å². The van der Waals surface area contributed by atoms with Gasteiger partial charge in [0.15, 0.2) is 0 Å². The Labute approximate surface area is 112 Å². The van der Waals surface area contributed by atoms with Crippen LogP contribution in [0.15, 0.2) is 0 Å². The van der Waals surface area contributed by atoms with E-state index in [9.17, 15) is 18.0 Å². The minimum absolute atomic E-state index is 0.170. The highest BCUT2D eigenvalue weighted by Gasteiger charge is 2.36. The van der Waals surface area contributed by atoms with Gasteiger partial charge in [0.1, 0.15) is 6.04 Å². The molecule has 0 aliphatic carbocycles. The number of piperazine rings is 1. The molecule has 19 heavy (non-hydrogen) atoms. The van der Waals surface area contributed by atoms with E-state index in [4.69, 9.17) is 5.11 Å². The van der Waals surface area contributed by atoms with Gasteiger partial charge in [-0.05, 0) is 6.92 Å². The molecule has 0 spiro atoms. The third-order valence-corrected chi connectivity index (χ3v) is 4.65. The second-order valence-electron chi connectivity index (χ2n) is 4.18. The highest BCUT2D eigenvalue weighted by molar-refractivity contribution is 7.89. The summed E-state index contributed by atoms with van der Waals surface area (Å²) in [4.78, 5) is 22.3. The molecular formula is C10H19N3O5S. The molecule has 1 fully saturated rings. The van der Waals surface area contributed by atoms with Gasteiger partial charge in [0, 0.05) is 26.2 Å². The molecule has 0 aromatic heterocycles. The van der Waals surface area contributed by atoms with Crippen LogP contribution in [0.4, 0.5) is 0 Å². The predicted octanol–water partition coefficient (Wildman–Crippen LogP) is -1.80. The number of nitrogens with zero attached hydrogens (tertiary/aromatic N) is 1. The lowest BCUT2D eigenvalue weighted by molar-refractivity contribution is -0.136. The number of likely N-dealkylation sites (N-methyl/N-ethyl adjacent to an activating group) is 1. The van der Waals surface area contributed by atoms with E-state index in [1.165, 1.54) is 0 Å². The minimum atomic E-state index is -3.74. The van der Waals surface area contributed by atoms with Crippen molar-refractivity contribution in [3.05, 3.63) is 0 Å². The molecule has 0 aromatic rings. The van der Waals surface area contributed by atoms with Gasteiger partial charge >= 0.3 is 5.97 Å². The number of amides is 1. The lowest BCUT2D eigenvalue weighted by atomic mass is 10.2. The van der Waals surface area contributed by atoms with Gasteiger partial charge in [0.25, 0.3) is 0 Å². The zero-order valence-corrected chi connectivity index (χ0v) is 11.6. The Kier molecular flexibility index (Phi) is 5.70. The van der Waals surface area contributed by atoms with Crippen LogP contribution in [0.3, 0.4) is 0 Å². The first kappa shape index (κ1) is 15.9. The molecule has 0 saturated carbocycles. The predicted molar refractivity (Wildman–Crippen MR) is 68.1 cm³/mol. The van der Waals surface area contributed by atoms with E-state index in [0.717, 1.165) is 4.31 Å². The molecule has 110 valence electrons. The van der Waals surface area contributed by atoms with Crippen LogP contribution < -0.4 is 10.6 Å². The van der Waals surface area contributed by atoms with E-state index in [1.807, 2.05) is 0 Å². The summed E-state index contributed by atoms with van der Waals surface area (Å²) >= 11 is 0. The summed E-state index contributed by atoms with van der Waals surface area (Å²) in [6, 6.07) is -0.813. The number of hydrogen-bond donors (Lipinski definition) is 3. The number of carboxylic acids is 1. The quantitative estimate of drug-likeness (QED) is 0.532. The maximum atomic E-state index is 12.1. The molecule has 1 aliphatic heterocycles. The maximum absolute atomic E-state index is 12.1. The van der Waals surface area contributed by atoms with Gasteiger partial charge in [-0.2, -0.15) is 4.31 Å². The average molecular weight is 293 g/mol. The van der Waals surface area contributed by atoms with Crippen LogP contribution in [0.25, 0.3) is 0 Å². The normalized spacial score (nSPS) is 21.0. The Bertz CT molecular complexity index is 436. The summed E-state index contributed by atoms with van der Waals surface area (Å²) in [5, 5.41) is 14.1. The first-order chi connectivity index (χ1) is 8.88. The standard InChI is InChI=1S/C10H19N3O5S/c1-2-12-10(16)8-7-11-4-5-13(8)19(17,18)6-3-9(14)15/h8,11H,2-7H2,1H3,(H,12,16)(H,14,15). The van der Waals surface area contributed by atoms with Crippen molar-refractivity contribution >= 4 is 21.9 Å². The van der Waals surface area contributed by atoms with E-state index >= 15 is 0 Å². The average Bonchev–Trinajstić information content (AvgIpc) is 2.37. The molecule has 3 N–H and O–H groups in total. The summed E-state index contributed by atoms with van der Waals surface area (Å²) in [6.45, 7) is 3.01. The fourth-order valence-electron chi connectivity index (χ4n) is 1.87. The summed E-state index contributed by atoms with van der Waals surface area (Å²) in [5.41, 5.74) is 0. The summed E-state index contributed by atoms with van der Waals surface area (Å²) in [6.07, 6.45) is -0.464. The Morgan fingerprint density at radius 2 is 2.16 bits per heavy atom. The van der Waals surface area contributed by atoms with Crippen molar-refractivity contribution in [2.24, 2.45) is 0 Å². The van der Waals surface area contributed by atoms with Crippen LogP contribution in [-0.2, 0) is 19.6 Å². The van der Waals surface area contributed by atoms with Gasteiger partial charge in [0.05, 0.1) is 12.2 Å². The van der Waals surface area contributed by atoms with E-state index in [1.54, 1.807) is 6.92 Å². The highest BCUT2D eigenvalue weighted by atomic mass is 32.2. The number of rotatable bonds is 6. The molecule has 0 aromatic carbocycles. The third kappa shape index (κ3) is 4.44. The molecule has 1 rings (SSSR count). The Hall–Kier alpha value is -1.19. The fourth-order valence-corrected chi connectivity index (χ4v) is 3.46. The van der Waals surface area contributed by atoms with Crippen LogP contribution >= 0.6 is 0 Å². The number of sulfonamides is 1. The monoisotopic (exact) mass is 293 g/mol. The molecule has 1 unspecified atom stereocenters. The summed E-state index contributed by atoms with van der Waals surface area (Å²) in [5.74, 6) is -2.03. The smallest absolute Gasteiger partial charge is 0.304 e. The van der Waals surface area contributed by atoms with Gasteiger partial charge < -0.3 is 15.7 Å². The molecule has 0 bridgehead atoms. The highest BCUT2D eigenvalue weighted by Crippen LogP contribution is 2.12. The van der Waals surface area contributed by atoms with E-state index < -0.39 is 34.2 Å². The van der Waals surface area contributed by atoms with Gasteiger partial charge in [-0.15, -0.1) is 0 Å². The zero-order chi connectivity index (χ0) is 14.5. The molecule has 1 aliphatic rings. The number of carbonyl (C=O) groups is 2. The Morgan fingerprint density at radius 1 is 1.47 bits per heavy atom. The fraction of sp³-hybridized carbons (Fsp3) is 0.800. The first-order valence-electron chi connectivity index (χ1n) is 6.08. The molecule has 9 heteroatoms. The molecule has 1 amide bonds. The molecule has 1 atom stereocenters. The molecule has 0 radical (unpaired) electrons. The van der Waals surface area contributed by atoms with Gasteiger partial charge in [-0.25, -0.2) is 8.42 Å². The third-order valence-electron chi connectivity index (χ3n) is 2.78. The van der Waals surface area contributed by atoms with Crippen LogP contribution in [0, 0.1) is 0 Å².